The lowest BCUT2D eigenvalue weighted by Gasteiger charge is -2.27. The highest BCUT2D eigenvalue weighted by Gasteiger charge is 2.19. The predicted molar refractivity (Wildman–Crippen MR) is 105 cm³/mol. The van der Waals surface area contributed by atoms with Gasteiger partial charge < -0.3 is 4.74 Å². The zero-order valence-corrected chi connectivity index (χ0v) is 15.7. The van der Waals surface area contributed by atoms with Crippen molar-refractivity contribution >= 4 is 0 Å². The van der Waals surface area contributed by atoms with E-state index in [1.54, 1.807) is 0 Å². The minimum atomic E-state index is 0.701. The van der Waals surface area contributed by atoms with Gasteiger partial charge in [0.15, 0.2) is 0 Å². The molecule has 0 aliphatic heterocycles. The Bertz CT molecular complexity index is 624. The van der Waals surface area contributed by atoms with Gasteiger partial charge in [0.1, 0.15) is 5.75 Å². The van der Waals surface area contributed by atoms with Gasteiger partial charge in [0, 0.05) is 11.8 Å². The Hall–Kier alpha value is -1.83. The van der Waals surface area contributed by atoms with Crippen molar-refractivity contribution < 1.29 is 4.74 Å². The molecule has 1 heterocycles. The van der Waals surface area contributed by atoms with E-state index in [2.05, 4.69) is 42.4 Å². The summed E-state index contributed by atoms with van der Waals surface area (Å²) in [6, 6.07) is 12.6. The number of nitrogens with zero attached hydrogens (tertiary/aromatic N) is 1. The van der Waals surface area contributed by atoms with Crippen LogP contribution < -0.4 is 4.74 Å². The summed E-state index contributed by atoms with van der Waals surface area (Å²) in [6.07, 6.45) is 11.6. The molecule has 2 heteroatoms. The molecule has 25 heavy (non-hydrogen) atoms. The lowest BCUT2D eigenvalue weighted by molar-refractivity contribution is 0.259. The van der Waals surface area contributed by atoms with Crippen molar-refractivity contribution in [3.8, 4) is 17.0 Å². The summed E-state index contributed by atoms with van der Waals surface area (Å²) in [5.74, 6) is 2.83. The summed E-state index contributed by atoms with van der Waals surface area (Å²) in [6.45, 7) is 5.04. The number of benzene rings is 1. The highest BCUT2D eigenvalue weighted by Crippen LogP contribution is 2.33. The highest BCUT2D eigenvalue weighted by atomic mass is 16.5. The van der Waals surface area contributed by atoms with Crippen LogP contribution in [0.4, 0.5) is 0 Å². The first-order chi connectivity index (χ1) is 12.3. The van der Waals surface area contributed by atoms with E-state index in [1.807, 2.05) is 19.1 Å². The van der Waals surface area contributed by atoms with E-state index in [-0.39, 0.29) is 0 Å². The monoisotopic (exact) mass is 337 g/mol. The van der Waals surface area contributed by atoms with Crippen molar-refractivity contribution in [2.24, 2.45) is 11.8 Å². The summed E-state index contributed by atoms with van der Waals surface area (Å²) in [4.78, 5) is 4.67. The van der Waals surface area contributed by atoms with Crippen LogP contribution >= 0.6 is 0 Å². The molecule has 1 aromatic carbocycles. The lowest BCUT2D eigenvalue weighted by atomic mass is 9.79. The van der Waals surface area contributed by atoms with Crippen LogP contribution in [0.5, 0.6) is 5.75 Å². The van der Waals surface area contributed by atoms with Gasteiger partial charge in [-0.25, -0.2) is 0 Å². The fraction of sp³-hybridized carbons (Fsp3) is 0.522. The van der Waals surface area contributed by atoms with Crippen LogP contribution in [0.25, 0.3) is 11.3 Å². The first-order valence-corrected chi connectivity index (χ1v) is 9.96. The molecule has 3 rings (SSSR count). The Morgan fingerprint density at radius 3 is 2.24 bits per heavy atom. The first kappa shape index (κ1) is 18.0. The molecule has 0 radical (unpaired) electrons. The molecule has 0 N–H and O–H groups in total. The van der Waals surface area contributed by atoms with Crippen LogP contribution in [0.2, 0.25) is 0 Å². The minimum absolute atomic E-state index is 0.701. The lowest BCUT2D eigenvalue weighted by Crippen LogP contribution is -2.14. The van der Waals surface area contributed by atoms with E-state index in [0.717, 1.165) is 35.3 Å². The Morgan fingerprint density at radius 2 is 1.64 bits per heavy atom. The normalized spacial score (nSPS) is 20.4. The molecule has 1 aliphatic carbocycles. The number of aromatic nitrogens is 1. The summed E-state index contributed by atoms with van der Waals surface area (Å²) in [5.41, 5.74) is 3.55. The molecule has 0 spiro atoms. The molecule has 1 fully saturated rings. The zero-order valence-electron chi connectivity index (χ0n) is 15.7. The molecular weight excluding hydrogens is 306 g/mol. The van der Waals surface area contributed by atoms with Gasteiger partial charge >= 0.3 is 0 Å². The molecule has 0 saturated heterocycles. The van der Waals surface area contributed by atoms with Crippen LogP contribution in [0.15, 0.2) is 42.6 Å². The smallest absolute Gasteiger partial charge is 0.119 e. The number of hydrogen-bond acceptors (Lipinski definition) is 2. The summed E-state index contributed by atoms with van der Waals surface area (Å²) < 4.78 is 5.50. The zero-order chi connectivity index (χ0) is 17.5. The summed E-state index contributed by atoms with van der Waals surface area (Å²) in [7, 11) is 0. The summed E-state index contributed by atoms with van der Waals surface area (Å²) >= 11 is 0. The van der Waals surface area contributed by atoms with Crippen LogP contribution in [-0.4, -0.2) is 11.6 Å². The van der Waals surface area contributed by atoms with Crippen LogP contribution in [-0.2, 0) is 6.42 Å². The van der Waals surface area contributed by atoms with Crippen LogP contribution in [0, 0.1) is 11.8 Å². The van der Waals surface area contributed by atoms with E-state index in [4.69, 9.17) is 4.74 Å². The predicted octanol–water partition coefficient (Wildman–Crippen LogP) is 6.30. The van der Waals surface area contributed by atoms with Crippen molar-refractivity contribution in [2.75, 3.05) is 6.61 Å². The minimum Gasteiger partial charge on any atom is -0.494 e. The van der Waals surface area contributed by atoms with Gasteiger partial charge in [-0.3, -0.25) is 4.98 Å². The molecule has 1 aromatic heterocycles. The van der Waals surface area contributed by atoms with Crippen molar-refractivity contribution in [3.63, 3.8) is 0 Å². The Balaban J connectivity index is 1.52. The molecular formula is C23H31NO. The Morgan fingerprint density at radius 1 is 0.920 bits per heavy atom. The van der Waals surface area contributed by atoms with Gasteiger partial charge in [0.2, 0.25) is 0 Å². The van der Waals surface area contributed by atoms with Gasteiger partial charge in [-0.2, -0.15) is 0 Å². The van der Waals surface area contributed by atoms with E-state index in [9.17, 15) is 0 Å². The summed E-state index contributed by atoms with van der Waals surface area (Å²) in [5, 5.41) is 0. The average Bonchev–Trinajstić information content (AvgIpc) is 2.68. The number of ether oxygens (including phenoxy) is 1. The van der Waals surface area contributed by atoms with E-state index < -0.39 is 0 Å². The van der Waals surface area contributed by atoms with Gasteiger partial charge in [-0.05, 0) is 67.5 Å². The van der Waals surface area contributed by atoms with Crippen molar-refractivity contribution in [3.05, 3.63) is 48.2 Å². The number of hydrogen-bond donors (Lipinski definition) is 0. The molecule has 0 unspecified atom stereocenters. The van der Waals surface area contributed by atoms with Gasteiger partial charge in [-0.1, -0.05) is 45.1 Å². The number of aryl methyl sites for hydroxylation is 1. The van der Waals surface area contributed by atoms with Crippen molar-refractivity contribution in [1.29, 1.82) is 0 Å². The third-order valence-electron chi connectivity index (χ3n) is 5.67. The van der Waals surface area contributed by atoms with E-state index >= 15 is 0 Å². The quantitative estimate of drug-likeness (QED) is 0.592. The molecule has 1 aliphatic rings. The maximum absolute atomic E-state index is 5.50. The van der Waals surface area contributed by atoms with Gasteiger partial charge in [-0.15, -0.1) is 0 Å². The van der Waals surface area contributed by atoms with Crippen molar-refractivity contribution in [1.82, 2.24) is 4.98 Å². The fourth-order valence-corrected chi connectivity index (χ4v) is 3.93. The maximum atomic E-state index is 5.50. The number of pyridine rings is 1. The second kappa shape index (κ2) is 9.03. The van der Waals surface area contributed by atoms with Gasteiger partial charge in [0.25, 0.3) is 0 Å². The second-order valence-electron chi connectivity index (χ2n) is 7.34. The fourth-order valence-electron chi connectivity index (χ4n) is 3.93. The standard InChI is InChI=1S/C23H31NO/c1-3-18-5-7-19(8-6-18)9-10-20-11-16-23(24-17-20)21-12-14-22(15-13-21)25-4-2/h11-19H,3-10H2,1-2H3. The Kier molecular flexibility index (Phi) is 6.49. The van der Waals surface area contributed by atoms with Crippen molar-refractivity contribution in [2.45, 2.75) is 58.8 Å². The molecule has 134 valence electrons. The molecule has 2 aromatic rings. The topological polar surface area (TPSA) is 22.1 Å². The van der Waals surface area contributed by atoms with Crippen LogP contribution in [0.1, 0.15) is 57.9 Å². The molecule has 0 atom stereocenters. The largest absolute Gasteiger partial charge is 0.494 e. The van der Waals surface area contributed by atoms with E-state index in [1.165, 1.54) is 44.1 Å². The second-order valence-corrected chi connectivity index (χ2v) is 7.34. The molecule has 2 nitrogen and oxygen atoms in total. The average molecular weight is 338 g/mol. The third kappa shape index (κ3) is 5.07. The first-order valence-electron chi connectivity index (χ1n) is 9.96. The Labute approximate surface area is 152 Å². The molecule has 1 saturated carbocycles. The number of rotatable bonds is 7. The maximum Gasteiger partial charge on any atom is 0.119 e. The third-order valence-corrected chi connectivity index (χ3v) is 5.67. The van der Waals surface area contributed by atoms with E-state index in [0.29, 0.717) is 6.61 Å². The molecule has 0 bridgehead atoms. The highest BCUT2D eigenvalue weighted by molar-refractivity contribution is 5.60. The SMILES string of the molecule is CCOc1ccc(-c2ccc(CCC3CCC(CC)CC3)cn2)cc1. The molecule has 0 amide bonds. The van der Waals surface area contributed by atoms with Crippen LogP contribution in [0.3, 0.4) is 0 Å². The van der Waals surface area contributed by atoms with Gasteiger partial charge in [0.05, 0.1) is 12.3 Å².